The van der Waals surface area contributed by atoms with Crippen molar-refractivity contribution in [1.29, 1.82) is 0 Å². The predicted molar refractivity (Wildman–Crippen MR) is 107 cm³/mol. The van der Waals surface area contributed by atoms with Crippen LogP contribution in [0.2, 0.25) is 0 Å². The number of carbonyl (C=O) groups excluding carboxylic acids is 1. The zero-order valence-corrected chi connectivity index (χ0v) is 16.8. The van der Waals surface area contributed by atoms with Crippen LogP contribution in [0.15, 0.2) is 54.9 Å². The van der Waals surface area contributed by atoms with Gasteiger partial charge in [0.05, 0.1) is 11.9 Å². The molecule has 0 bridgehead atoms. The second kappa shape index (κ2) is 8.93. The Balaban J connectivity index is 1.97. The van der Waals surface area contributed by atoms with Gasteiger partial charge in [0.25, 0.3) is 0 Å². The highest BCUT2D eigenvalue weighted by Crippen LogP contribution is 2.35. The van der Waals surface area contributed by atoms with Gasteiger partial charge in [-0.15, -0.1) is 0 Å². The fourth-order valence-electron chi connectivity index (χ4n) is 3.13. The lowest BCUT2D eigenvalue weighted by Gasteiger charge is -2.17. The van der Waals surface area contributed by atoms with Crippen LogP contribution in [-0.2, 0) is 0 Å². The normalized spacial score (nSPS) is 13.6. The largest absolute Gasteiger partial charge is 0.418 e. The van der Waals surface area contributed by atoms with Crippen molar-refractivity contribution in [3.05, 3.63) is 83.1 Å². The number of aryl methyl sites for hydroxylation is 1. The zero-order chi connectivity index (χ0) is 22.8. The summed E-state index contributed by atoms with van der Waals surface area (Å²) < 4.78 is 52.5. The SMILES string of the molecule is Cc1ccc(-c2cc(C(=O)C[C@H](C)c3ccc(F)cn3)cc(C(O)C(F)(F)F)c2)nc1. The molecule has 2 atom stereocenters. The molecule has 3 rings (SSSR count). The highest BCUT2D eigenvalue weighted by Gasteiger charge is 2.39. The molecule has 4 nitrogen and oxygen atoms in total. The molecule has 0 aliphatic carbocycles. The molecule has 8 heteroatoms. The minimum atomic E-state index is -4.88. The molecule has 0 amide bonds. The maximum Gasteiger partial charge on any atom is 0.418 e. The third kappa shape index (κ3) is 5.52. The number of Topliss-reactive ketones (excluding diaryl/α,β-unsaturated/α-hetero) is 1. The van der Waals surface area contributed by atoms with Crippen LogP contribution < -0.4 is 0 Å². The van der Waals surface area contributed by atoms with Crippen molar-refractivity contribution in [3.63, 3.8) is 0 Å². The number of hydrogen-bond acceptors (Lipinski definition) is 4. The quantitative estimate of drug-likeness (QED) is 0.409. The first kappa shape index (κ1) is 22.6. The number of rotatable bonds is 6. The summed E-state index contributed by atoms with van der Waals surface area (Å²) >= 11 is 0. The molecule has 0 spiro atoms. The molecule has 1 unspecified atom stereocenters. The van der Waals surface area contributed by atoms with Gasteiger partial charge in [0, 0.05) is 35.4 Å². The van der Waals surface area contributed by atoms with Crippen molar-refractivity contribution in [2.24, 2.45) is 0 Å². The van der Waals surface area contributed by atoms with E-state index in [-0.39, 0.29) is 23.5 Å². The Morgan fingerprint density at radius 1 is 1.06 bits per heavy atom. The van der Waals surface area contributed by atoms with Gasteiger partial charge in [0.2, 0.25) is 0 Å². The van der Waals surface area contributed by atoms with Crippen LogP contribution in [0, 0.1) is 12.7 Å². The van der Waals surface area contributed by atoms with E-state index < -0.39 is 29.4 Å². The number of alkyl halides is 3. The van der Waals surface area contributed by atoms with Crippen molar-refractivity contribution in [3.8, 4) is 11.3 Å². The molecule has 162 valence electrons. The molecule has 31 heavy (non-hydrogen) atoms. The number of hydrogen-bond donors (Lipinski definition) is 1. The summed E-state index contributed by atoms with van der Waals surface area (Å²) in [7, 11) is 0. The number of halogens is 4. The van der Waals surface area contributed by atoms with Gasteiger partial charge < -0.3 is 5.11 Å². The first-order valence-corrected chi connectivity index (χ1v) is 9.52. The number of nitrogens with zero attached hydrogens (tertiary/aromatic N) is 2. The Morgan fingerprint density at radius 2 is 1.81 bits per heavy atom. The van der Waals surface area contributed by atoms with Gasteiger partial charge >= 0.3 is 6.18 Å². The average molecular weight is 432 g/mol. The second-order valence-corrected chi connectivity index (χ2v) is 7.44. The lowest BCUT2D eigenvalue weighted by Crippen LogP contribution is -2.20. The van der Waals surface area contributed by atoms with Gasteiger partial charge in [-0.2, -0.15) is 13.2 Å². The van der Waals surface area contributed by atoms with Crippen LogP contribution in [-0.4, -0.2) is 27.0 Å². The first-order chi connectivity index (χ1) is 14.5. The van der Waals surface area contributed by atoms with E-state index in [9.17, 15) is 27.5 Å². The molecule has 0 fully saturated rings. The van der Waals surface area contributed by atoms with E-state index in [1.807, 2.05) is 6.92 Å². The van der Waals surface area contributed by atoms with Crippen molar-refractivity contribution in [2.45, 2.75) is 38.5 Å². The highest BCUT2D eigenvalue weighted by molar-refractivity contribution is 5.97. The van der Waals surface area contributed by atoms with E-state index >= 15 is 0 Å². The molecule has 3 aromatic rings. The van der Waals surface area contributed by atoms with Crippen LogP contribution in [0.3, 0.4) is 0 Å². The average Bonchev–Trinajstić information content (AvgIpc) is 2.73. The maximum absolute atomic E-state index is 13.1. The summed E-state index contributed by atoms with van der Waals surface area (Å²) in [6.45, 7) is 3.54. The number of pyridine rings is 2. The number of carbonyl (C=O) groups is 1. The number of ketones is 1. The van der Waals surface area contributed by atoms with Crippen LogP contribution in [0.1, 0.15) is 52.5 Å². The van der Waals surface area contributed by atoms with Crippen molar-refractivity contribution in [2.75, 3.05) is 0 Å². The Morgan fingerprint density at radius 3 is 2.39 bits per heavy atom. The molecule has 0 saturated heterocycles. The third-order valence-electron chi connectivity index (χ3n) is 4.86. The topological polar surface area (TPSA) is 63.1 Å². The monoisotopic (exact) mass is 432 g/mol. The van der Waals surface area contributed by atoms with E-state index in [0.717, 1.165) is 17.8 Å². The van der Waals surface area contributed by atoms with E-state index in [1.165, 1.54) is 24.3 Å². The highest BCUT2D eigenvalue weighted by atomic mass is 19.4. The molecule has 0 saturated carbocycles. The zero-order valence-electron chi connectivity index (χ0n) is 16.8. The number of aliphatic hydroxyl groups excluding tert-OH is 1. The van der Waals surface area contributed by atoms with Crippen molar-refractivity contribution >= 4 is 5.78 Å². The molecule has 0 aliphatic rings. The standard InChI is InChI=1S/C23H20F4N2O2/c1-13-3-5-20(28-11-13)15-8-16(10-17(9-15)22(31)23(25,26)27)21(30)7-14(2)19-6-4-18(24)12-29-19/h3-6,8-12,14,22,31H,7H2,1-2H3/t14-,22?/m0/s1. The Labute approximate surface area is 176 Å². The predicted octanol–water partition coefficient (Wildman–Crippen LogP) is 5.56. The van der Waals surface area contributed by atoms with Gasteiger partial charge in [0.15, 0.2) is 11.9 Å². The smallest absolute Gasteiger partial charge is 0.379 e. The first-order valence-electron chi connectivity index (χ1n) is 9.52. The van der Waals surface area contributed by atoms with E-state index in [2.05, 4.69) is 9.97 Å². The van der Waals surface area contributed by atoms with Gasteiger partial charge in [-0.3, -0.25) is 14.8 Å². The molecule has 0 aliphatic heterocycles. The van der Waals surface area contributed by atoms with Gasteiger partial charge in [-0.25, -0.2) is 4.39 Å². The minimum absolute atomic E-state index is 0.0205. The van der Waals surface area contributed by atoms with Crippen LogP contribution in [0.25, 0.3) is 11.3 Å². The fourth-order valence-corrected chi connectivity index (χ4v) is 3.13. The molecular weight excluding hydrogens is 412 g/mol. The summed E-state index contributed by atoms with van der Waals surface area (Å²) in [5.74, 6) is -1.32. The molecule has 0 radical (unpaired) electrons. The molecular formula is C23H20F4N2O2. The summed E-state index contributed by atoms with van der Waals surface area (Å²) in [6.07, 6.45) is -5.07. The molecule has 2 aromatic heterocycles. The van der Waals surface area contributed by atoms with Crippen LogP contribution in [0.4, 0.5) is 17.6 Å². The van der Waals surface area contributed by atoms with Crippen LogP contribution >= 0.6 is 0 Å². The number of benzene rings is 1. The second-order valence-electron chi connectivity index (χ2n) is 7.44. The van der Waals surface area contributed by atoms with E-state index in [4.69, 9.17) is 0 Å². The lowest BCUT2D eigenvalue weighted by molar-refractivity contribution is -0.206. The van der Waals surface area contributed by atoms with Crippen LogP contribution in [0.5, 0.6) is 0 Å². The van der Waals surface area contributed by atoms with Crippen molar-refractivity contribution in [1.82, 2.24) is 9.97 Å². The van der Waals surface area contributed by atoms with Gasteiger partial charge in [-0.1, -0.05) is 13.0 Å². The molecule has 1 N–H and O–H groups in total. The lowest BCUT2D eigenvalue weighted by atomic mass is 9.92. The van der Waals surface area contributed by atoms with E-state index in [0.29, 0.717) is 11.4 Å². The van der Waals surface area contributed by atoms with E-state index in [1.54, 1.807) is 25.3 Å². The summed E-state index contributed by atoms with van der Waals surface area (Å²) in [4.78, 5) is 21.0. The molecule has 2 heterocycles. The molecule has 1 aromatic carbocycles. The van der Waals surface area contributed by atoms with Gasteiger partial charge in [0.1, 0.15) is 5.82 Å². The number of aliphatic hydroxyl groups is 1. The Hall–Kier alpha value is -3.13. The number of aromatic nitrogens is 2. The minimum Gasteiger partial charge on any atom is -0.379 e. The van der Waals surface area contributed by atoms with Gasteiger partial charge in [-0.05, 0) is 54.4 Å². The third-order valence-corrected chi connectivity index (χ3v) is 4.86. The Bertz CT molecular complexity index is 1060. The fraction of sp³-hybridized carbons (Fsp3) is 0.261. The summed E-state index contributed by atoms with van der Waals surface area (Å²) in [5, 5.41) is 9.76. The summed E-state index contributed by atoms with van der Waals surface area (Å²) in [6, 6.07) is 9.74. The Kier molecular flexibility index (Phi) is 6.50. The maximum atomic E-state index is 13.1. The van der Waals surface area contributed by atoms with Crippen molar-refractivity contribution < 1.29 is 27.5 Å². The summed E-state index contributed by atoms with van der Waals surface area (Å²) in [5.41, 5.74) is 1.60.